The van der Waals surface area contributed by atoms with Crippen molar-refractivity contribution in [3.8, 4) is 0 Å². The highest BCUT2D eigenvalue weighted by Crippen LogP contribution is 2.08. The molecule has 0 unspecified atom stereocenters. The van der Waals surface area contributed by atoms with Crippen molar-refractivity contribution in [3.63, 3.8) is 0 Å². The summed E-state index contributed by atoms with van der Waals surface area (Å²) in [6, 6.07) is 10.6. The first-order valence-corrected chi connectivity index (χ1v) is 7.36. The number of nitrogens with zero attached hydrogens (tertiary/aromatic N) is 4. The van der Waals surface area contributed by atoms with E-state index in [4.69, 9.17) is 0 Å². The molecule has 110 valence electrons. The molecule has 2 aromatic rings. The van der Waals surface area contributed by atoms with Crippen molar-refractivity contribution in [2.75, 3.05) is 26.2 Å². The lowest BCUT2D eigenvalue weighted by atomic mass is 10.2. The number of aromatic nitrogens is 2. The summed E-state index contributed by atoms with van der Waals surface area (Å²) in [7, 11) is 0. The van der Waals surface area contributed by atoms with E-state index in [0.717, 1.165) is 44.1 Å². The van der Waals surface area contributed by atoms with Crippen molar-refractivity contribution >= 4 is 6.21 Å². The second-order valence-corrected chi connectivity index (χ2v) is 5.37. The first-order valence-electron chi connectivity index (χ1n) is 7.36. The third-order valence-electron chi connectivity index (χ3n) is 3.81. The fourth-order valence-corrected chi connectivity index (χ4v) is 2.49. The lowest BCUT2D eigenvalue weighted by molar-refractivity contribution is 0.131. The molecule has 0 radical (unpaired) electrons. The molecule has 0 bridgehead atoms. The normalized spacial score (nSPS) is 16.7. The zero-order chi connectivity index (χ0) is 14.5. The van der Waals surface area contributed by atoms with Crippen LogP contribution >= 0.6 is 0 Å². The van der Waals surface area contributed by atoms with E-state index >= 15 is 0 Å². The summed E-state index contributed by atoms with van der Waals surface area (Å²) in [6.45, 7) is 7.06. The number of H-pyrrole nitrogens is 1. The van der Waals surface area contributed by atoms with Crippen LogP contribution in [-0.4, -0.2) is 52.3 Å². The predicted molar refractivity (Wildman–Crippen MR) is 84.2 cm³/mol. The van der Waals surface area contributed by atoms with Gasteiger partial charge in [-0.15, -0.1) is 0 Å². The topological polar surface area (TPSA) is 47.5 Å². The lowest BCUT2D eigenvalue weighted by Gasteiger charge is -2.33. The monoisotopic (exact) mass is 283 g/mol. The Morgan fingerprint density at radius 2 is 1.95 bits per heavy atom. The Balaban J connectivity index is 1.49. The summed E-state index contributed by atoms with van der Waals surface area (Å²) in [5.41, 5.74) is 3.35. The highest BCUT2D eigenvalue weighted by molar-refractivity contribution is 5.77. The molecule has 1 saturated heterocycles. The van der Waals surface area contributed by atoms with Gasteiger partial charge in [-0.1, -0.05) is 30.3 Å². The van der Waals surface area contributed by atoms with Crippen LogP contribution in [0.2, 0.25) is 0 Å². The van der Waals surface area contributed by atoms with Crippen molar-refractivity contribution in [3.05, 3.63) is 53.6 Å². The van der Waals surface area contributed by atoms with Crippen molar-refractivity contribution in [2.24, 2.45) is 5.10 Å². The Morgan fingerprint density at radius 1 is 1.19 bits per heavy atom. The van der Waals surface area contributed by atoms with Crippen LogP contribution in [0.15, 0.2) is 41.8 Å². The molecule has 0 aliphatic carbocycles. The highest BCUT2D eigenvalue weighted by Gasteiger charge is 2.15. The quantitative estimate of drug-likeness (QED) is 0.871. The molecule has 1 aromatic carbocycles. The van der Waals surface area contributed by atoms with Crippen molar-refractivity contribution in [1.82, 2.24) is 19.9 Å². The number of hydrogen-bond donors (Lipinski definition) is 1. The van der Waals surface area contributed by atoms with Gasteiger partial charge in [-0.3, -0.25) is 9.91 Å². The third-order valence-corrected chi connectivity index (χ3v) is 3.81. The maximum Gasteiger partial charge on any atom is 0.104 e. The van der Waals surface area contributed by atoms with Gasteiger partial charge in [0, 0.05) is 38.4 Å². The molecule has 0 saturated carbocycles. The molecular formula is C16H21N5. The summed E-state index contributed by atoms with van der Waals surface area (Å²) in [4.78, 5) is 9.76. The van der Waals surface area contributed by atoms with E-state index in [9.17, 15) is 0 Å². The largest absolute Gasteiger partial charge is 0.348 e. The van der Waals surface area contributed by atoms with Gasteiger partial charge in [0.25, 0.3) is 0 Å². The van der Waals surface area contributed by atoms with E-state index in [1.54, 1.807) is 6.33 Å². The van der Waals surface area contributed by atoms with Gasteiger partial charge in [0.2, 0.25) is 0 Å². The number of aromatic amines is 1. The molecular weight excluding hydrogens is 262 g/mol. The molecule has 1 aliphatic rings. The molecule has 0 amide bonds. The van der Waals surface area contributed by atoms with Crippen LogP contribution < -0.4 is 0 Å². The number of nitrogens with one attached hydrogen (secondary N) is 1. The first-order chi connectivity index (χ1) is 10.3. The van der Waals surface area contributed by atoms with E-state index in [1.807, 2.05) is 13.1 Å². The zero-order valence-electron chi connectivity index (χ0n) is 12.4. The lowest BCUT2D eigenvalue weighted by Crippen LogP contribution is -2.43. The van der Waals surface area contributed by atoms with Crippen LogP contribution in [0.4, 0.5) is 0 Å². The zero-order valence-corrected chi connectivity index (χ0v) is 12.4. The van der Waals surface area contributed by atoms with Crippen LogP contribution in [0, 0.1) is 6.92 Å². The van der Waals surface area contributed by atoms with E-state index in [2.05, 4.69) is 55.3 Å². The van der Waals surface area contributed by atoms with Crippen LogP contribution in [0.1, 0.15) is 17.0 Å². The Kier molecular flexibility index (Phi) is 4.31. The molecule has 1 aliphatic heterocycles. The number of benzene rings is 1. The van der Waals surface area contributed by atoms with E-state index in [0.29, 0.717) is 0 Å². The summed E-state index contributed by atoms with van der Waals surface area (Å²) < 4.78 is 0. The number of hydrazone groups is 1. The minimum Gasteiger partial charge on any atom is -0.348 e. The number of rotatable bonds is 4. The van der Waals surface area contributed by atoms with Gasteiger partial charge in [-0.05, 0) is 12.5 Å². The standard InChI is InChI=1S/C16H21N5/c1-14-16(18-13-17-14)11-19-21-9-7-20(8-10-21)12-15-5-3-2-4-6-15/h2-6,11,13H,7-10,12H2,1H3,(H,17,18)/b19-11+. The van der Waals surface area contributed by atoms with Crippen molar-refractivity contribution < 1.29 is 0 Å². The molecule has 1 N–H and O–H groups in total. The van der Waals surface area contributed by atoms with E-state index in [-0.39, 0.29) is 0 Å². The molecule has 2 heterocycles. The van der Waals surface area contributed by atoms with Crippen LogP contribution in [0.5, 0.6) is 0 Å². The van der Waals surface area contributed by atoms with Crippen molar-refractivity contribution in [1.29, 1.82) is 0 Å². The van der Waals surface area contributed by atoms with Crippen LogP contribution in [0.25, 0.3) is 0 Å². The Morgan fingerprint density at radius 3 is 2.62 bits per heavy atom. The summed E-state index contributed by atoms with van der Waals surface area (Å²) in [5.74, 6) is 0. The SMILES string of the molecule is Cc1[nH]cnc1/C=N/N1CCN(Cc2ccccc2)CC1. The molecule has 5 nitrogen and oxygen atoms in total. The Hall–Kier alpha value is -2.14. The fraction of sp³-hybridized carbons (Fsp3) is 0.375. The fourth-order valence-electron chi connectivity index (χ4n) is 2.49. The maximum absolute atomic E-state index is 4.53. The van der Waals surface area contributed by atoms with Gasteiger partial charge < -0.3 is 4.98 Å². The number of imidazole rings is 1. The Bertz CT molecular complexity index is 582. The van der Waals surface area contributed by atoms with E-state index < -0.39 is 0 Å². The van der Waals surface area contributed by atoms with Gasteiger partial charge in [0.1, 0.15) is 5.69 Å². The molecule has 0 atom stereocenters. The van der Waals surface area contributed by atoms with E-state index in [1.165, 1.54) is 5.56 Å². The maximum atomic E-state index is 4.53. The van der Waals surface area contributed by atoms with Gasteiger partial charge in [0.15, 0.2) is 0 Å². The number of aryl methyl sites for hydroxylation is 1. The minimum atomic E-state index is 0.918. The predicted octanol–water partition coefficient (Wildman–Crippen LogP) is 1.87. The molecule has 1 fully saturated rings. The van der Waals surface area contributed by atoms with Gasteiger partial charge >= 0.3 is 0 Å². The smallest absolute Gasteiger partial charge is 0.104 e. The summed E-state index contributed by atoms with van der Waals surface area (Å²) in [5, 5.41) is 6.65. The van der Waals surface area contributed by atoms with Crippen LogP contribution in [0.3, 0.4) is 0 Å². The first kappa shape index (κ1) is 13.8. The summed E-state index contributed by atoms with van der Waals surface area (Å²) >= 11 is 0. The average Bonchev–Trinajstić information content (AvgIpc) is 2.93. The minimum absolute atomic E-state index is 0.918. The molecule has 1 aromatic heterocycles. The number of hydrogen-bond acceptors (Lipinski definition) is 4. The van der Waals surface area contributed by atoms with Gasteiger partial charge in [0.05, 0.1) is 12.5 Å². The highest BCUT2D eigenvalue weighted by atomic mass is 15.5. The van der Waals surface area contributed by atoms with Gasteiger partial charge in [-0.2, -0.15) is 5.10 Å². The second kappa shape index (κ2) is 6.54. The Labute approximate surface area is 125 Å². The number of piperazine rings is 1. The molecule has 3 rings (SSSR count). The molecule has 5 heteroatoms. The summed E-state index contributed by atoms with van der Waals surface area (Å²) in [6.07, 6.45) is 3.55. The van der Waals surface area contributed by atoms with Crippen LogP contribution in [-0.2, 0) is 6.54 Å². The third kappa shape index (κ3) is 3.70. The van der Waals surface area contributed by atoms with Gasteiger partial charge in [-0.25, -0.2) is 4.98 Å². The average molecular weight is 283 g/mol. The van der Waals surface area contributed by atoms with Crippen molar-refractivity contribution in [2.45, 2.75) is 13.5 Å². The molecule has 0 spiro atoms. The second-order valence-electron chi connectivity index (χ2n) is 5.37. The molecule has 21 heavy (non-hydrogen) atoms.